The van der Waals surface area contributed by atoms with Gasteiger partial charge in [0.25, 0.3) is 0 Å². The Morgan fingerprint density at radius 3 is 1.46 bits per heavy atom. The van der Waals surface area contributed by atoms with Crippen LogP contribution in [0, 0.1) is 0 Å². The third kappa shape index (κ3) is 14.3. The third-order valence-corrected chi connectivity index (χ3v) is 9.39. The molecule has 20 heteroatoms. The molecule has 0 aliphatic heterocycles. The van der Waals surface area contributed by atoms with Crippen LogP contribution >= 0.6 is 0 Å². The van der Waals surface area contributed by atoms with Crippen LogP contribution in [0.25, 0.3) is 12.2 Å². The van der Waals surface area contributed by atoms with E-state index in [-0.39, 0.29) is 68.1 Å². The van der Waals surface area contributed by atoms with Gasteiger partial charge < -0.3 is 50.1 Å². The van der Waals surface area contributed by atoms with Crippen LogP contribution in [0.1, 0.15) is 49.7 Å². The molecule has 0 saturated heterocycles. The maximum Gasteiger partial charge on any atom is 0.422 e. The van der Waals surface area contributed by atoms with Crippen LogP contribution in [-0.2, 0) is 9.59 Å². The van der Waals surface area contributed by atoms with Gasteiger partial charge in [0.2, 0.25) is 11.6 Å². The Hall–Kier alpha value is -7.84. The third-order valence-electron chi connectivity index (χ3n) is 9.39. The highest BCUT2D eigenvalue weighted by atomic mass is 19.4. The zero-order chi connectivity index (χ0) is 49.1. The highest BCUT2D eigenvalue weighted by Crippen LogP contribution is 2.37. The minimum atomic E-state index is -4.55. The number of halogens is 6. The molecule has 0 aliphatic rings. The number of nitrogen functional groups attached to an aromatic ring is 2. The number of ketones is 2. The van der Waals surface area contributed by atoms with Crippen molar-refractivity contribution in [2.75, 3.05) is 38.9 Å². The minimum Gasteiger partial charge on any atom is -0.493 e. The predicted molar refractivity (Wildman–Crippen MR) is 230 cm³/mol. The first-order valence-electron chi connectivity index (χ1n) is 19.5. The SMILES string of the molecule is COc1cc(/C=C/C(=O)CC(c2ccc(N)cc2N)C(O)(O)C(=O)/C=C/c2ccc(OC(=O)c3ccc(OCC(F)(F)F)cc3)c(OC)c2)ccc1OC(=O)c1ccc(OCC(F)(F)F)cc1. The number of methoxy groups -OCH3 is 2. The van der Waals surface area contributed by atoms with Gasteiger partial charge in [0.1, 0.15) is 11.5 Å². The van der Waals surface area contributed by atoms with E-state index in [9.17, 15) is 55.7 Å². The van der Waals surface area contributed by atoms with Crippen LogP contribution < -0.4 is 39.9 Å². The number of carbonyl (C=O) groups is 4. The van der Waals surface area contributed by atoms with Crippen molar-refractivity contribution in [2.45, 2.75) is 30.5 Å². The van der Waals surface area contributed by atoms with E-state index in [2.05, 4.69) is 9.47 Å². The Bertz CT molecular complexity index is 2650. The first kappa shape index (κ1) is 50.2. The van der Waals surface area contributed by atoms with Crippen LogP contribution in [0.2, 0.25) is 0 Å². The van der Waals surface area contributed by atoms with E-state index in [1.165, 1.54) is 117 Å². The molecule has 0 aliphatic carbocycles. The summed E-state index contributed by atoms with van der Waals surface area (Å²) in [5.74, 6) is -8.87. The van der Waals surface area contributed by atoms with E-state index < -0.39 is 67.2 Å². The molecule has 0 amide bonds. The summed E-state index contributed by atoms with van der Waals surface area (Å²) < 4.78 is 106. The molecular formula is C47H40F6N2O12. The Morgan fingerprint density at radius 1 is 0.597 bits per heavy atom. The summed E-state index contributed by atoms with van der Waals surface area (Å²) in [6.07, 6.45) is -5.28. The Kier molecular flexibility index (Phi) is 16.0. The number of hydrogen-bond acceptors (Lipinski definition) is 14. The number of benzene rings is 5. The molecule has 0 aromatic heterocycles. The summed E-state index contributed by atoms with van der Waals surface area (Å²) >= 11 is 0. The Balaban J connectivity index is 1.27. The lowest BCUT2D eigenvalue weighted by Gasteiger charge is -2.30. The number of esters is 2. The average Bonchev–Trinajstić information content (AvgIpc) is 3.28. The maximum atomic E-state index is 13.5. The largest absolute Gasteiger partial charge is 0.493 e. The molecule has 0 saturated carbocycles. The summed E-state index contributed by atoms with van der Waals surface area (Å²) in [6, 6.07) is 21.8. The second-order valence-corrected chi connectivity index (χ2v) is 14.3. The van der Waals surface area contributed by atoms with Crippen LogP contribution in [0.4, 0.5) is 37.7 Å². The number of nitrogens with two attached hydrogens (primary N) is 2. The highest BCUT2D eigenvalue weighted by molar-refractivity contribution is 6.01. The molecule has 0 radical (unpaired) electrons. The van der Waals surface area contributed by atoms with E-state index in [1.54, 1.807) is 0 Å². The fourth-order valence-corrected chi connectivity index (χ4v) is 6.07. The van der Waals surface area contributed by atoms with Crippen molar-refractivity contribution in [3.8, 4) is 34.5 Å². The van der Waals surface area contributed by atoms with Gasteiger partial charge in [0.05, 0.1) is 31.3 Å². The van der Waals surface area contributed by atoms with Crippen LogP contribution in [-0.4, -0.2) is 79.3 Å². The number of alkyl halides is 6. The molecule has 352 valence electrons. The molecule has 1 atom stereocenters. The number of anilines is 2. The predicted octanol–water partition coefficient (Wildman–Crippen LogP) is 7.91. The first-order chi connectivity index (χ1) is 31.5. The molecule has 0 bridgehead atoms. The lowest BCUT2D eigenvalue weighted by molar-refractivity contribution is -0.187. The van der Waals surface area contributed by atoms with Crippen molar-refractivity contribution in [1.82, 2.24) is 0 Å². The van der Waals surface area contributed by atoms with E-state index in [1.807, 2.05) is 0 Å². The number of ether oxygens (including phenoxy) is 6. The number of carbonyl (C=O) groups excluding carboxylic acids is 4. The molecule has 6 N–H and O–H groups in total. The van der Waals surface area contributed by atoms with Gasteiger partial charge in [0.15, 0.2) is 42.0 Å². The van der Waals surface area contributed by atoms with Gasteiger partial charge in [-0.1, -0.05) is 30.4 Å². The highest BCUT2D eigenvalue weighted by Gasteiger charge is 2.43. The van der Waals surface area contributed by atoms with Crippen molar-refractivity contribution in [1.29, 1.82) is 0 Å². The molecule has 67 heavy (non-hydrogen) atoms. The summed E-state index contributed by atoms with van der Waals surface area (Å²) in [6.45, 7) is -3.03. The molecule has 5 rings (SSSR count). The molecule has 1 unspecified atom stereocenters. The second kappa shape index (κ2) is 21.4. The Labute approximate surface area is 377 Å². The Morgan fingerprint density at radius 2 is 1.04 bits per heavy atom. The van der Waals surface area contributed by atoms with Gasteiger partial charge in [-0.2, -0.15) is 26.3 Å². The van der Waals surface area contributed by atoms with Crippen LogP contribution in [0.5, 0.6) is 34.5 Å². The van der Waals surface area contributed by atoms with Crippen LogP contribution in [0.15, 0.2) is 115 Å². The molecule has 0 spiro atoms. The van der Waals surface area contributed by atoms with Crippen molar-refractivity contribution < 1.29 is 84.2 Å². The van der Waals surface area contributed by atoms with Gasteiger partial charge in [-0.3, -0.25) is 9.59 Å². The normalized spacial score (nSPS) is 12.4. The molecule has 14 nitrogen and oxygen atoms in total. The van der Waals surface area contributed by atoms with Gasteiger partial charge in [-0.05, 0) is 114 Å². The molecule has 0 fully saturated rings. The fraction of sp³-hybridized carbons (Fsp3) is 0.191. The van der Waals surface area contributed by atoms with Crippen LogP contribution in [0.3, 0.4) is 0 Å². The van der Waals surface area contributed by atoms with E-state index in [0.717, 1.165) is 24.3 Å². The zero-order valence-corrected chi connectivity index (χ0v) is 35.2. The number of allylic oxidation sites excluding steroid dienone is 1. The monoisotopic (exact) mass is 938 g/mol. The van der Waals surface area contributed by atoms with Crippen molar-refractivity contribution in [2.24, 2.45) is 0 Å². The van der Waals surface area contributed by atoms with Crippen molar-refractivity contribution in [3.05, 3.63) is 143 Å². The average molecular weight is 939 g/mol. The zero-order valence-electron chi connectivity index (χ0n) is 35.2. The summed E-state index contributed by atoms with van der Waals surface area (Å²) in [5, 5.41) is 22.8. The van der Waals surface area contributed by atoms with E-state index in [0.29, 0.717) is 5.56 Å². The molecule has 0 heterocycles. The summed E-state index contributed by atoms with van der Waals surface area (Å²) in [7, 11) is 2.55. The van der Waals surface area contributed by atoms with E-state index in [4.69, 9.17) is 30.4 Å². The van der Waals surface area contributed by atoms with Gasteiger partial charge in [-0.25, -0.2) is 9.59 Å². The minimum absolute atomic E-state index is 0.00578. The van der Waals surface area contributed by atoms with E-state index >= 15 is 0 Å². The second-order valence-electron chi connectivity index (χ2n) is 14.3. The quantitative estimate of drug-likeness (QED) is 0.0155. The smallest absolute Gasteiger partial charge is 0.422 e. The first-order valence-corrected chi connectivity index (χ1v) is 19.5. The van der Waals surface area contributed by atoms with Gasteiger partial charge in [0, 0.05) is 17.8 Å². The number of rotatable bonds is 19. The molecular weight excluding hydrogens is 899 g/mol. The molecule has 5 aromatic rings. The fourth-order valence-electron chi connectivity index (χ4n) is 6.07. The summed E-state index contributed by atoms with van der Waals surface area (Å²) in [4.78, 5) is 52.5. The molecule has 5 aromatic carbocycles. The van der Waals surface area contributed by atoms with Crippen molar-refractivity contribution >= 4 is 47.0 Å². The number of aliphatic hydroxyl groups is 2. The topological polar surface area (TPSA) is 216 Å². The number of hydrogen-bond donors (Lipinski definition) is 4. The lowest BCUT2D eigenvalue weighted by atomic mass is 9.82. The van der Waals surface area contributed by atoms with Crippen molar-refractivity contribution in [3.63, 3.8) is 0 Å². The maximum absolute atomic E-state index is 13.5. The summed E-state index contributed by atoms with van der Waals surface area (Å²) in [5.41, 5.74) is 12.8. The standard InChI is InChI=1S/C47H40F6N2O12/c1-62-40-21-27(4-18-38(40)66-43(58)29-7-13-33(14-8-29)64-25-45(48,49)50)3-12-32(56)24-36(35-17-11-31(54)23-37(35)55)47(60,61)42(57)20-6-28-5-19-39(41(22-28)63-2)67-44(59)30-9-15-34(16-10-30)65-26-46(51,52)53/h3-23,36,60-61H,24-26,54-55H2,1-2H3/b12-3+,20-6+. The van der Waals surface area contributed by atoms with Gasteiger partial charge >= 0.3 is 24.3 Å². The van der Waals surface area contributed by atoms with Gasteiger partial charge in [-0.15, -0.1) is 0 Å². The lowest BCUT2D eigenvalue weighted by Crippen LogP contribution is -2.44.